The second-order valence-electron chi connectivity index (χ2n) is 7.61. The highest BCUT2D eigenvalue weighted by molar-refractivity contribution is 6.02. The van der Waals surface area contributed by atoms with Crippen LogP contribution in [-0.4, -0.2) is 73.7 Å². The second-order valence-corrected chi connectivity index (χ2v) is 7.61. The molecule has 180 valence electrons. The van der Waals surface area contributed by atoms with E-state index in [0.29, 0.717) is 11.3 Å². The van der Waals surface area contributed by atoms with E-state index >= 15 is 0 Å². The Labute approximate surface area is 195 Å². The van der Waals surface area contributed by atoms with Crippen molar-refractivity contribution in [3.05, 3.63) is 83.6 Å². The number of carbonyl (C=O) groups is 1. The van der Waals surface area contributed by atoms with Crippen LogP contribution in [-0.2, 0) is 9.53 Å². The van der Waals surface area contributed by atoms with Crippen LogP contribution in [0, 0.1) is 0 Å². The van der Waals surface area contributed by atoms with Gasteiger partial charge in [0.1, 0.15) is 41.7 Å². The average Bonchev–Trinajstić information content (AvgIpc) is 2.83. The lowest BCUT2D eigenvalue weighted by Crippen LogP contribution is -2.60. The van der Waals surface area contributed by atoms with Crippen LogP contribution in [0.25, 0.3) is 12.2 Å². The number of hydrogen-bond donors (Lipinski definition) is 6. The number of aliphatic hydroxyl groups is 5. The summed E-state index contributed by atoms with van der Waals surface area (Å²) in [5.41, 5.74) is 1.40. The quantitative estimate of drug-likeness (QED) is 0.190. The number of rotatable bonds is 8. The number of phenols is 1. The highest BCUT2D eigenvalue weighted by atomic mass is 16.7. The Hall–Kier alpha value is -3.47. The van der Waals surface area contributed by atoms with Gasteiger partial charge in [0.2, 0.25) is 6.29 Å². The Morgan fingerprint density at radius 3 is 2.09 bits per heavy atom. The molecule has 0 aliphatic carbocycles. The van der Waals surface area contributed by atoms with Crippen LogP contribution in [0.3, 0.4) is 0 Å². The SMILES string of the molecule is O=C(/C=C(O)/C=C/c1ccc(O[C@@H]2O[C@H](CO)[C@@H](O)[C@H](O)[C@H]2O)cc1)/C=C/c1ccc(O)cc1. The van der Waals surface area contributed by atoms with Crippen LogP contribution in [0.15, 0.2) is 72.5 Å². The van der Waals surface area contributed by atoms with Crippen LogP contribution in [0.1, 0.15) is 11.1 Å². The summed E-state index contributed by atoms with van der Waals surface area (Å²) in [6, 6.07) is 12.7. The molecule has 34 heavy (non-hydrogen) atoms. The molecule has 0 bridgehead atoms. The molecule has 0 unspecified atom stereocenters. The van der Waals surface area contributed by atoms with E-state index in [2.05, 4.69) is 0 Å². The van der Waals surface area contributed by atoms with Gasteiger partial charge in [-0.15, -0.1) is 0 Å². The minimum absolute atomic E-state index is 0.125. The van der Waals surface area contributed by atoms with Gasteiger partial charge in [0.25, 0.3) is 0 Å². The topological polar surface area (TPSA) is 157 Å². The van der Waals surface area contributed by atoms with Crippen molar-refractivity contribution < 1.29 is 44.9 Å². The molecule has 2 aromatic rings. The van der Waals surface area contributed by atoms with Crippen molar-refractivity contribution in [2.45, 2.75) is 30.7 Å². The fourth-order valence-corrected chi connectivity index (χ4v) is 3.14. The van der Waals surface area contributed by atoms with Gasteiger partial charge in [-0.3, -0.25) is 4.79 Å². The minimum atomic E-state index is -1.54. The number of carbonyl (C=O) groups excluding carboxylic acids is 1. The van der Waals surface area contributed by atoms with Crippen molar-refractivity contribution in [1.82, 2.24) is 0 Å². The molecule has 1 aliphatic rings. The first-order chi connectivity index (χ1) is 16.3. The summed E-state index contributed by atoms with van der Waals surface area (Å²) in [7, 11) is 0. The number of phenolic OH excluding ortho intramolecular Hbond substituents is 1. The van der Waals surface area contributed by atoms with Crippen molar-refractivity contribution in [1.29, 1.82) is 0 Å². The largest absolute Gasteiger partial charge is 0.508 e. The lowest BCUT2D eigenvalue weighted by atomic mass is 9.99. The standard InChI is InChI=1S/C25H26O9/c26-14-21-22(30)23(31)24(32)25(34-21)33-20-11-5-16(6-12-20)4-10-19(29)13-18(28)9-3-15-1-7-17(27)8-2-15/h1-13,21-27,29-32H,14H2/b9-3+,10-4+,19-13-/t21-,22-,23+,24-,25-/m1/s1. The van der Waals surface area contributed by atoms with Crippen molar-refractivity contribution in [3.8, 4) is 11.5 Å². The van der Waals surface area contributed by atoms with Crippen LogP contribution in [0.4, 0.5) is 0 Å². The maximum absolute atomic E-state index is 11.9. The number of aliphatic hydroxyl groups excluding tert-OH is 5. The first kappa shape index (κ1) is 25.2. The predicted molar refractivity (Wildman–Crippen MR) is 123 cm³/mol. The molecule has 1 aliphatic heterocycles. The van der Waals surface area contributed by atoms with Gasteiger partial charge in [-0.2, -0.15) is 0 Å². The van der Waals surface area contributed by atoms with E-state index in [1.807, 2.05) is 0 Å². The third kappa shape index (κ3) is 6.77. The van der Waals surface area contributed by atoms with E-state index in [1.165, 1.54) is 24.3 Å². The number of allylic oxidation sites excluding steroid dienone is 3. The van der Waals surface area contributed by atoms with Crippen molar-refractivity contribution >= 4 is 17.9 Å². The Bertz CT molecular complexity index is 1040. The van der Waals surface area contributed by atoms with Gasteiger partial charge in [-0.25, -0.2) is 0 Å². The summed E-state index contributed by atoms with van der Waals surface area (Å²) in [4.78, 5) is 11.9. The minimum Gasteiger partial charge on any atom is -0.508 e. The summed E-state index contributed by atoms with van der Waals surface area (Å²) < 4.78 is 10.8. The van der Waals surface area contributed by atoms with Crippen LogP contribution >= 0.6 is 0 Å². The lowest BCUT2D eigenvalue weighted by Gasteiger charge is -2.39. The Morgan fingerprint density at radius 1 is 0.882 bits per heavy atom. The van der Waals surface area contributed by atoms with Gasteiger partial charge in [-0.1, -0.05) is 36.4 Å². The number of hydrogen-bond acceptors (Lipinski definition) is 9. The zero-order valence-electron chi connectivity index (χ0n) is 18.0. The zero-order valence-corrected chi connectivity index (χ0v) is 18.0. The Morgan fingerprint density at radius 2 is 1.47 bits per heavy atom. The second kappa shape index (κ2) is 11.6. The highest BCUT2D eigenvalue weighted by Crippen LogP contribution is 2.24. The predicted octanol–water partition coefficient (Wildman–Crippen LogP) is 1.31. The summed E-state index contributed by atoms with van der Waals surface area (Å²) in [5, 5.41) is 58.1. The number of aromatic hydroxyl groups is 1. The van der Waals surface area contributed by atoms with E-state index in [9.17, 15) is 35.4 Å². The molecule has 9 nitrogen and oxygen atoms in total. The molecule has 3 rings (SSSR count). The average molecular weight is 470 g/mol. The fourth-order valence-electron chi connectivity index (χ4n) is 3.14. The number of benzene rings is 2. The zero-order chi connectivity index (χ0) is 24.7. The first-order valence-corrected chi connectivity index (χ1v) is 10.4. The number of ketones is 1. The maximum atomic E-state index is 11.9. The van der Waals surface area contributed by atoms with Gasteiger partial charge in [-0.05, 0) is 47.5 Å². The fraction of sp³-hybridized carbons (Fsp3) is 0.240. The smallest absolute Gasteiger partial charge is 0.229 e. The van der Waals surface area contributed by atoms with Gasteiger partial charge < -0.3 is 40.1 Å². The van der Waals surface area contributed by atoms with Gasteiger partial charge in [0.05, 0.1) is 6.61 Å². The molecular formula is C25H26O9. The van der Waals surface area contributed by atoms with Gasteiger partial charge >= 0.3 is 0 Å². The van der Waals surface area contributed by atoms with E-state index < -0.39 is 43.1 Å². The van der Waals surface area contributed by atoms with Gasteiger partial charge in [0, 0.05) is 6.08 Å². The molecule has 6 N–H and O–H groups in total. The van der Waals surface area contributed by atoms with E-state index in [1.54, 1.807) is 48.6 Å². The maximum Gasteiger partial charge on any atom is 0.229 e. The molecule has 9 heteroatoms. The molecule has 1 saturated heterocycles. The van der Waals surface area contributed by atoms with Crippen molar-refractivity contribution in [2.75, 3.05) is 6.61 Å². The summed E-state index contributed by atoms with van der Waals surface area (Å²) in [6.07, 6.45) is -0.0478. The molecule has 0 spiro atoms. The molecule has 0 saturated carbocycles. The molecule has 1 heterocycles. The van der Waals surface area contributed by atoms with Crippen LogP contribution < -0.4 is 4.74 Å². The molecule has 0 amide bonds. The lowest BCUT2D eigenvalue weighted by molar-refractivity contribution is -0.277. The summed E-state index contributed by atoms with van der Waals surface area (Å²) in [6.45, 7) is -0.555. The Balaban J connectivity index is 1.56. The highest BCUT2D eigenvalue weighted by Gasteiger charge is 2.44. The van der Waals surface area contributed by atoms with Crippen molar-refractivity contribution in [3.63, 3.8) is 0 Å². The van der Waals surface area contributed by atoms with Crippen LogP contribution in [0.5, 0.6) is 11.5 Å². The molecule has 1 fully saturated rings. The number of ether oxygens (including phenoxy) is 2. The Kier molecular flexibility index (Phi) is 8.58. The molecule has 0 aromatic heterocycles. The molecule has 0 radical (unpaired) electrons. The molecular weight excluding hydrogens is 444 g/mol. The van der Waals surface area contributed by atoms with Crippen molar-refractivity contribution in [2.24, 2.45) is 0 Å². The summed E-state index contributed by atoms with van der Waals surface area (Å²) >= 11 is 0. The third-order valence-corrected chi connectivity index (χ3v) is 5.05. The van der Waals surface area contributed by atoms with E-state index in [4.69, 9.17) is 9.47 Å². The van der Waals surface area contributed by atoms with E-state index in [0.717, 1.165) is 11.6 Å². The van der Waals surface area contributed by atoms with Gasteiger partial charge in [0.15, 0.2) is 5.78 Å². The monoisotopic (exact) mass is 470 g/mol. The normalized spacial score (nSPS) is 25.6. The molecule has 5 atom stereocenters. The van der Waals surface area contributed by atoms with Crippen LogP contribution in [0.2, 0.25) is 0 Å². The van der Waals surface area contributed by atoms with E-state index in [-0.39, 0.29) is 11.5 Å². The first-order valence-electron chi connectivity index (χ1n) is 10.4. The summed E-state index contributed by atoms with van der Waals surface area (Å²) in [5.74, 6) is -0.240. The molecule has 2 aromatic carbocycles. The third-order valence-electron chi connectivity index (χ3n) is 5.05.